The molecule has 0 rings (SSSR count). The van der Waals surface area contributed by atoms with Gasteiger partial charge in [-0.15, -0.1) is 0 Å². The molecule has 11 nitrogen and oxygen atoms in total. The smallest absolute Gasteiger partial charge is 0 e. The summed E-state index contributed by atoms with van der Waals surface area (Å²) in [7, 11) is 0. The van der Waals surface area contributed by atoms with Crippen molar-refractivity contribution in [3.05, 3.63) is 0 Å². The van der Waals surface area contributed by atoms with Gasteiger partial charge in [-0.25, -0.2) is 0 Å². The second kappa shape index (κ2) is 578. The van der Waals surface area contributed by atoms with Crippen LogP contribution in [-0.4, -0.2) is 49.3 Å². The molecule has 16 heteroatoms. The topological polar surface area (TPSA) is 350 Å². The van der Waals surface area contributed by atoms with Gasteiger partial charge >= 0.3 is 0 Å². The Hall–Kier alpha value is 3.00. The molecule has 0 aromatic carbocycles. The van der Waals surface area contributed by atoms with Crippen molar-refractivity contribution in [1.29, 1.82) is 0 Å². The summed E-state index contributed by atoms with van der Waals surface area (Å²) >= 11 is 0. The summed E-state index contributed by atoms with van der Waals surface area (Å²) in [4.78, 5) is 0. The molecule has 118 valence electrons. The van der Waals surface area contributed by atoms with Crippen molar-refractivity contribution in [2.24, 2.45) is 0 Å². The van der Waals surface area contributed by atoms with Gasteiger partial charge in [0.15, 0.2) is 0 Å². The molecule has 0 atom stereocenters. The van der Waals surface area contributed by atoms with Crippen LogP contribution in [0.25, 0.3) is 0 Å². The summed E-state index contributed by atoms with van der Waals surface area (Å²) in [6.07, 6.45) is 0. The molecule has 0 aliphatic heterocycles. The first kappa shape index (κ1) is 683. The molecular weight excluding hydrogens is 656 g/mol. The summed E-state index contributed by atoms with van der Waals surface area (Å²) in [5.41, 5.74) is 0. The van der Waals surface area contributed by atoms with Crippen LogP contribution >= 0.6 is 0 Å². The van der Waals surface area contributed by atoms with Crippen LogP contribution in [0.2, 0.25) is 0 Å². The van der Waals surface area contributed by atoms with E-state index in [4.69, 9.17) is 0 Å². The molecule has 0 aromatic rings. The van der Waals surface area contributed by atoms with E-state index in [0.29, 0.717) is 0 Å². The van der Waals surface area contributed by atoms with E-state index < -0.39 is 0 Å². The van der Waals surface area contributed by atoms with Gasteiger partial charge in [-0.1, -0.05) is 0 Å². The van der Waals surface area contributed by atoms with Crippen LogP contribution in [0.5, 0.6) is 0 Å². The minimum atomic E-state index is 0. The first-order chi connectivity index (χ1) is 0. The first-order valence-electron chi connectivity index (χ1n) is 0. The van der Waals surface area contributed by atoms with Crippen LogP contribution < -0.4 is 0 Å². The van der Waals surface area contributed by atoms with Crippen LogP contribution in [0, 0.1) is 0 Å². The molecule has 0 fully saturated rings. The fourth-order valence-corrected chi connectivity index (χ4v) is 0. The van der Waals surface area contributed by atoms with Crippen molar-refractivity contribution < 1.29 is 166 Å². The van der Waals surface area contributed by atoms with Crippen molar-refractivity contribution in [3.8, 4) is 0 Å². The first-order valence-corrected chi connectivity index (χ1v) is 0. The zero-order valence-electron chi connectivity index (χ0n) is 7.70. The quantitative estimate of drug-likeness (QED) is 0.170. The third kappa shape index (κ3) is 483. The van der Waals surface area contributed by atoms with Gasteiger partial charge in [-0.05, 0) is 0 Å². The van der Waals surface area contributed by atoms with Gasteiger partial charge in [0.25, 0.3) is 0 Å². The zero-order chi connectivity index (χ0) is 0. The maximum absolute atomic E-state index is 0. The molecular formula is H24Mo5O11+2. The van der Waals surface area contributed by atoms with Crippen LogP contribution in [0.1, 0.15) is 0 Å². The van der Waals surface area contributed by atoms with E-state index in [-0.39, 0.29) is 166 Å². The maximum Gasteiger partial charge on any atom is 0 e. The van der Waals surface area contributed by atoms with Gasteiger partial charge in [-0.2, -0.15) is 0 Å². The maximum atomic E-state index is 0. The second-order valence-corrected chi connectivity index (χ2v) is 0. The molecule has 0 heterocycles. The van der Waals surface area contributed by atoms with Crippen molar-refractivity contribution in [3.63, 3.8) is 0 Å². The van der Waals surface area contributed by atoms with Crippen molar-refractivity contribution in [2.45, 2.75) is 0 Å². The van der Waals surface area contributed by atoms with Crippen LogP contribution in [0.15, 0.2) is 0 Å². The molecule has 0 spiro atoms. The molecule has 0 aliphatic rings. The molecule has 0 unspecified atom stereocenters. The summed E-state index contributed by atoms with van der Waals surface area (Å²) in [6.45, 7) is 0. The van der Waals surface area contributed by atoms with Gasteiger partial charge in [0.05, 0.1) is 0 Å². The minimum absolute atomic E-state index is 0. The zero-order valence-corrected chi connectivity index (χ0v) is 17.7. The Morgan fingerprint density at radius 1 is 0.188 bits per heavy atom. The molecule has 0 aliphatic carbocycles. The molecule has 0 bridgehead atoms. The van der Waals surface area contributed by atoms with Crippen molar-refractivity contribution in [2.75, 3.05) is 0 Å². The van der Waals surface area contributed by atoms with E-state index in [1.807, 2.05) is 0 Å². The van der Waals surface area contributed by atoms with E-state index in [9.17, 15) is 0 Å². The molecule has 0 aromatic heterocycles. The third-order valence-corrected chi connectivity index (χ3v) is 0. The van der Waals surface area contributed by atoms with E-state index >= 15 is 0 Å². The normalized spacial score (nSPS) is 0. The van der Waals surface area contributed by atoms with Crippen molar-refractivity contribution in [1.82, 2.24) is 0 Å². The monoisotopic (exact) mass is 690 g/mol. The Bertz CT molecular complexity index is 14.3. The Morgan fingerprint density at radius 2 is 0.188 bits per heavy atom. The van der Waals surface area contributed by atoms with E-state index in [2.05, 4.69) is 0 Å². The van der Waals surface area contributed by atoms with Crippen LogP contribution in [0.3, 0.4) is 0 Å². The summed E-state index contributed by atoms with van der Waals surface area (Å²) in [5.74, 6) is 0. The number of hydrogen-bond donors (Lipinski definition) is 0. The summed E-state index contributed by atoms with van der Waals surface area (Å²) in [6, 6.07) is 0. The molecule has 0 radical (unpaired) electrons. The summed E-state index contributed by atoms with van der Waals surface area (Å²) < 4.78 is 0. The average molecular weight is 680 g/mol. The van der Waals surface area contributed by atoms with Gasteiger partial charge in [0, 0.05) is 105 Å². The van der Waals surface area contributed by atoms with Gasteiger partial charge in [-0.3, -0.25) is 0 Å². The van der Waals surface area contributed by atoms with Gasteiger partial charge in [0.2, 0.25) is 0 Å². The Kier molecular flexibility index (Phi) is 24700. The molecule has 0 saturated heterocycles. The second-order valence-electron chi connectivity index (χ2n) is 0. The number of hydrogen-bond acceptors (Lipinski definition) is 0. The summed E-state index contributed by atoms with van der Waals surface area (Å²) in [5, 5.41) is 0. The SMILES string of the molecule is O.O.O.O.O.O.O.O.O.[Mo].[Mo].[Mo].[Mo].[Mo].[OH3+].[OH3+]. The Balaban J connectivity index is 0. The molecule has 16 heavy (non-hydrogen) atoms. The Labute approximate surface area is 164 Å². The standard InChI is InChI=1S/5Mo.11H2O/h;;;;;11*1H2/p+2. The molecule has 24 N–H and O–H groups in total. The van der Waals surface area contributed by atoms with E-state index in [1.165, 1.54) is 0 Å². The van der Waals surface area contributed by atoms with Crippen molar-refractivity contribution >= 4 is 0 Å². The number of rotatable bonds is 0. The third-order valence-electron chi connectivity index (χ3n) is 0. The molecule has 0 amide bonds. The minimum Gasteiger partial charge on any atom is -0.457 e. The molecule has 0 saturated carbocycles. The predicted octanol–water partition coefficient (Wildman–Crippen LogP) is -9.28. The largest absolute Gasteiger partial charge is 0.457 e. The van der Waals surface area contributed by atoms with E-state index in [0.717, 1.165) is 0 Å². The van der Waals surface area contributed by atoms with Gasteiger partial charge < -0.3 is 60.2 Å². The fraction of sp³-hybridized carbons (Fsp3) is 0. The van der Waals surface area contributed by atoms with Crippen LogP contribution in [0.4, 0.5) is 0 Å². The fourth-order valence-electron chi connectivity index (χ4n) is 0. The predicted molar refractivity (Wildman–Crippen MR) is 42.3 cm³/mol. The van der Waals surface area contributed by atoms with E-state index in [1.54, 1.807) is 0 Å². The average Bonchev–Trinajstić information content (AvgIpc) is 0. The Morgan fingerprint density at radius 3 is 0.188 bits per heavy atom. The van der Waals surface area contributed by atoms with Crippen LogP contribution in [-0.2, 0) is 116 Å². The van der Waals surface area contributed by atoms with Gasteiger partial charge in [0.1, 0.15) is 0 Å².